The Morgan fingerprint density at radius 3 is 2.25 bits per heavy atom. The van der Waals surface area contributed by atoms with Gasteiger partial charge in [-0.1, -0.05) is 71.8 Å². The molecular formula is C40H31ClN2O8. The van der Waals surface area contributed by atoms with Gasteiger partial charge in [-0.15, -0.1) is 0 Å². The van der Waals surface area contributed by atoms with E-state index in [-0.39, 0.29) is 29.8 Å². The minimum Gasteiger partial charge on any atom is -0.508 e. The molecule has 1 saturated carbocycles. The van der Waals surface area contributed by atoms with Crippen LogP contribution in [0.15, 0.2) is 109 Å². The molecule has 8 rings (SSSR count). The molecule has 4 aromatic carbocycles. The molecule has 11 heteroatoms. The van der Waals surface area contributed by atoms with Gasteiger partial charge >= 0.3 is 5.97 Å². The molecule has 2 heterocycles. The Bertz CT molecular complexity index is 2200. The predicted molar refractivity (Wildman–Crippen MR) is 187 cm³/mol. The van der Waals surface area contributed by atoms with E-state index in [0.29, 0.717) is 27.6 Å². The number of allylic oxidation sites excluding steroid dienone is 2. The number of phenolic OH excluding ortho intramolecular Hbond substituents is 1. The summed E-state index contributed by atoms with van der Waals surface area (Å²) in [5.74, 6) is -6.95. The second kappa shape index (κ2) is 11.9. The molecule has 4 aromatic rings. The Morgan fingerprint density at radius 2 is 1.55 bits per heavy atom. The number of methoxy groups -OCH3 is 1. The van der Waals surface area contributed by atoms with Crippen molar-refractivity contribution in [3.05, 3.63) is 130 Å². The second-order valence-electron chi connectivity index (χ2n) is 13.4. The van der Waals surface area contributed by atoms with Crippen LogP contribution in [-0.2, 0) is 24.6 Å². The van der Waals surface area contributed by atoms with Gasteiger partial charge in [-0.2, -0.15) is 0 Å². The number of carbonyl (C=O) groups excluding carboxylic acids is 4. The maximum atomic E-state index is 15.3. The van der Waals surface area contributed by atoms with Crippen LogP contribution in [-0.4, -0.2) is 46.9 Å². The lowest BCUT2D eigenvalue weighted by Crippen LogP contribution is -2.53. The number of carbonyl (C=O) groups is 5. The van der Waals surface area contributed by atoms with Gasteiger partial charge in [0.15, 0.2) is 0 Å². The molecule has 0 bridgehead atoms. The fourth-order valence-corrected chi connectivity index (χ4v) is 9.24. The number of hydrogen-bond donors (Lipinski definition) is 2. The number of amides is 4. The summed E-state index contributed by atoms with van der Waals surface area (Å²) in [4.78, 5) is 72.8. The van der Waals surface area contributed by atoms with Crippen molar-refractivity contribution < 1.29 is 38.9 Å². The SMILES string of the molecule is COc1cc(O)ccc1[C@H]1C2=CC[C@@H]3C(=O)N(c4cccc(C(=O)O)c4)C(=O)[C@@H]3[C@@H]2C[C@H]2C(=O)N(c3cccc(Cl)c3)C(=O)[C@@]12c1ccccc1. The average molecular weight is 703 g/mol. The molecule has 51 heavy (non-hydrogen) atoms. The van der Waals surface area contributed by atoms with E-state index < -0.39 is 64.6 Å². The summed E-state index contributed by atoms with van der Waals surface area (Å²) in [6.07, 6.45) is 2.19. The molecule has 0 unspecified atom stereocenters. The van der Waals surface area contributed by atoms with Crippen LogP contribution in [0.2, 0.25) is 5.02 Å². The van der Waals surface area contributed by atoms with E-state index in [1.807, 2.05) is 36.4 Å². The number of halogens is 1. The molecule has 4 amide bonds. The molecule has 0 spiro atoms. The molecule has 4 aliphatic rings. The zero-order chi connectivity index (χ0) is 35.8. The number of hydrogen-bond acceptors (Lipinski definition) is 7. The fourth-order valence-electron chi connectivity index (χ4n) is 9.06. The second-order valence-corrected chi connectivity index (χ2v) is 13.8. The summed E-state index contributed by atoms with van der Waals surface area (Å²) < 4.78 is 5.82. The summed E-state index contributed by atoms with van der Waals surface area (Å²) in [6.45, 7) is 0. The van der Waals surface area contributed by atoms with E-state index in [1.165, 1.54) is 48.4 Å². The number of ether oxygens (including phenoxy) is 1. The van der Waals surface area contributed by atoms with E-state index >= 15 is 4.79 Å². The number of nitrogens with zero attached hydrogens (tertiary/aromatic N) is 2. The maximum absolute atomic E-state index is 15.3. The first-order chi connectivity index (χ1) is 24.6. The molecule has 2 aliphatic heterocycles. The molecule has 256 valence electrons. The van der Waals surface area contributed by atoms with Gasteiger partial charge in [0.1, 0.15) is 11.5 Å². The number of benzene rings is 4. The number of aromatic carboxylic acids is 1. The lowest BCUT2D eigenvalue weighted by molar-refractivity contribution is -0.127. The van der Waals surface area contributed by atoms with Crippen LogP contribution in [0.3, 0.4) is 0 Å². The van der Waals surface area contributed by atoms with Crippen LogP contribution in [0.25, 0.3) is 0 Å². The Labute approximate surface area is 297 Å². The van der Waals surface area contributed by atoms with Crippen LogP contribution >= 0.6 is 11.6 Å². The highest BCUT2D eigenvalue weighted by molar-refractivity contribution is 6.32. The third-order valence-electron chi connectivity index (χ3n) is 11.0. The number of anilines is 2. The Morgan fingerprint density at radius 1 is 0.824 bits per heavy atom. The zero-order valence-electron chi connectivity index (χ0n) is 27.2. The summed E-state index contributed by atoms with van der Waals surface area (Å²) >= 11 is 6.38. The molecule has 2 saturated heterocycles. The number of rotatable bonds is 6. The summed E-state index contributed by atoms with van der Waals surface area (Å²) in [5, 5.41) is 20.5. The van der Waals surface area contributed by atoms with E-state index in [9.17, 15) is 29.4 Å². The minimum atomic E-state index is -1.51. The van der Waals surface area contributed by atoms with Crippen LogP contribution < -0.4 is 14.5 Å². The van der Waals surface area contributed by atoms with Crippen LogP contribution in [0.4, 0.5) is 11.4 Å². The lowest BCUT2D eigenvalue weighted by atomic mass is 9.49. The average Bonchev–Trinajstić information content (AvgIpc) is 3.52. The van der Waals surface area contributed by atoms with Crippen LogP contribution in [0.1, 0.15) is 40.2 Å². The highest BCUT2D eigenvalue weighted by Crippen LogP contribution is 2.65. The maximum Gasteiger partial charge on any atom is 0.335 e. The molecule has 2 N–H and O–H groups in total. The summed E-state index contributed by atoms with van der Waals surface area (Å²) in [6, 6.07) is 26.0. The van der Waals surface area contributed by atoms with Crippen molar-refractivity contribution in [1.29, 1.82) is 0 Å². The highest BCUT2D eigenvalue weighted by Gasteiger charge is 2.70. The monoisotopic (exact) mass is 702 g/mol. The Balaban J connectivity index is 1.35. The van der Waals surface area contributed by atoms with Gasteiger partial charge in [0.2, 0.25) is 23.6 Å². The largest absolute Gasteiger partial charge is 0.508 e. The molecule has 2 aliphatic carbocycles. The zero-order valence-corrected chi connectivity index (χ0v) is 28.0. The van der Waals surface area contributed by atoms with Gasteiger partial charge in [-0.05, 0) is 66.8 Å². The first kappa shape index (κ1) is 32.5. The summed E-state index contributed by atoms with van der Waals surface area (Å²) in [7, 11) is 1.46. The molecule has 6 atom stereocenters. The third-order valence-corrected chi connectivity index (χ3v) is 11.3. The minimum absolute atomic E-state index is 0.0591. The standard InChI is InChI=1S/C40H31ClN2O8/c1-51-32-19-26(44)13-14-28(32)34-27-15-16-29-33(37(47)42(35(29)45)24-11-5-7-21(17-24)38(48)49)30(27)20-31-36(46)43(25-12-6-10-23(41)18-25)39(50)40(31,34)22-8-3-2-4-9-22/h2-15,17-19,29-31,33-34,44H,16,20H2,1H3,(H,48,49)/t29-,30+,31-,33-,34+,40+/m0/s1. The first-order valence-electron chi connectivity index (χ1n) is 16.6. The van der Waals surface area contributed by atoms with Gasteiger partial charge in [0, 0.05) is 22.6 Å². The van der Waals surface area contributed by atoms with Crippen molar-refractivity contribution in [1.82, 2.24) is 0 Å². The van der Waals surface area contributed by atoms with E-state index in [4.69, 9.17) is 16.3 Å². The number of carboxylic acids is 1. The van der Waals surface area contributed by atoms with E-state index in [0.717, 1.165) is 10.5 Å². The third kappa shape index (κ3) is 4.66. The highest BCUT2D eigenvalue weighted by atomic mass is 35.5. The number of carboxylic acid groups (broad SMARTS) is 1. The Hall–Kier alpha value is -5.74. The molecular weight excluding hydrogens is 672 g/mol. The number of imide groups is 2. The fraction of sp³-hybridized carbons (Fsp3) is 0.225. The van der Waals surface area contributed by atoms with Gasteiger partial charge < -0.3 is 14.9 Å². The topological polar surface area (TPSA) is 142 Å². The predicted octanol–water partition coefficient (Wildman–Crippen LogP) is 6.12. The van der Waals surface area contributed by atoms with Gasteiger partial charge in [0.25, 0.3) is 0 Å². The quantitative estimate of drug-likeness (QED) is 0.181. The van der Waals surface area contributed by atoms with Crippen molar-refractivity contribution in [2.45, 2.75) is 24.2 Å². The van der Waals surface area contributed by atoms with E-state index in [1.54, 1.807) is 30.3 Å². The van der Waals surface area contributed by atoms with Crippen molar-refractivity contribution in [3.63, 3.8) is 0 Å². The van der Waals surface area contributed by atoms with Gasteiger partial charge in [-0.3, -0.25) is 24.1 Å². The summed E-state index contributed by atoms with van der Waals surface area (Å²) in [5.41, 5.74) is 0.744. The van der Waals surface area contributed by atoms with Gasteiger partial charge in [-0.25, -0.2) is 9.69 Å². The molecule has 0 aromatic heterocycles. The van der Waals surface area contributed by atoms with Crippen LogP contribution in [0, 0.1) is 23.7 Å². The lowest BCUT2D eigenvalue weighted by Gasteiger charge is -2.51. The number of aromatic hydroxyl groups is 1. The normalized spacial score (nSPS) is 26.8. The van der Waals surface area contributed by atoms with Crippen molar-refractivity contribution in [3.8, 4) is 11.5 Å². The van der Waals surface area contributed by atoms with Crippen molar-refractivity contribution >= 4 is 52.6 Å². The van der Waals surface area contributed by atoms with Crippen LogP contribution in [0.5, 0.6) is 11.5 Å². The Kier molecular flexibility index (Phi) is 7.61. The van der Waals surface area contributed by atoms with Crippen molar-refractivity contribution in [2.75, 3.05) is 16.9 Å². The molecule has 10 nitrogen and oxygen atoms in total. The number of fused-ring (bicyclic) bond motifs is 4. The van der Waals surface area contributed by atoms with Gasteiger partial charge in [0.05, 0.1) is 47.2 Å². The number of phenols is 1. The smallest absolute Gasteiger partial charge is 0.335 e. The first-order valence-corrected chi connectivity index (χ1v) is 16.9. The van der Waals surface area contributed by atoms with Crippen molar-refractivity contribution in [2.24, 2.45) is 23.7 Å². The molecule has 3 fully saturated rings. The van der Waals surface area contributed by atoms with E-state index in [2.05, 4.69) is 0 Å². The molecule has 0 radical (unpaired) electrons.